The van der Waals surface area contributed by atoms with Crippen LogP contribution in [-0.4, -0.2) is 17.3 Å². The summed E-state index contributed by atoms with van der Waals surface area (Å²) in [6.45, 7) is 0. The van der Waals surface area contributed by atoms with Gasteiger partial charge < -0.3 is 5.11 Å². The van der Waals surface area contributed by atoms with Crippen molar-refractivity contribution in [3.8, 4) is 0 Å². The number of carboxylic acid groups (broad SMARTS) is 1. The fraction of sp³-hybridized carbons (Fsp3) is 0. The zero-order chi connectivity index (χ0) is 13.7. The second-order valence-corrected chi connectivity index (χ2v) is 4.63. The van der Waals surface area contributed by atoms with Gasteiger partial charge in [0.25, 0.3) is 0 Å². The van der Waals surface area contributed by atoms with Crippen molar-refractivity contribution < 1.29 is 9.90 Å². The van der Waals surface area contributed by atoms with Gasteiger partial charge in [-0.25, -0.2) is 4.79 Å². The highest BCUT2D eigenvalue weighted by Gasteiger charge is 2.02. The molecule has 0 saturated heterocycles. The molecule has 0 unspecified atom stereocenters. The first-order valence-corrected chi connectivity index (χ1v) is 6.33. The van der Waals surface area contributed by atoms with Crippen LogP contribution in [0.5, 0.6) is 0 Å². The van der Waals surface area contributed by atoms with Gasteiger partial charge in [0, 0.05) is 10.0 Å². The van der Waals surface area contributed by atoms with Crippen LogP contribution in [0.15, 0.2) is 58.1 Å². The van der Waals surface area contributed by atoms with Crippen molar-refractivity contribution in [2.24, 2.45) is 5.10 Å². The van der Waals surface area contributed by atoms with Gasteiger partial charge in [-0.1, -0.05) is 40.2 Å². The largest absolute Gasteiger partial charge is 0.478 e. The van der Waals surface area contributed by atoms with Crippen LogP contribution in [-0.2, 0) is 0 Å². The van der Waals surface area contributed by atoms with E-state index in [9.17, 15) is 4.79 Å². The molecular formula is C14H11BrN2O2. The number of hydrogen-bond donors (Lipinski definition) is 2. The molecule has 0 aliphatic rings. The van der Waals surface area contributed by atoms with E-state index in [2.05, 4.69) is 26.5 Å². The molecule has 0 atom stereocenters. The van der Waals surface area contributed by atoms with Gasteiger partial charge >= 0.3 is 5.97 Å². The van der Waals surface area contributed by atoms with Gasteiger partial charge in [-0.3, -0.25) is 5.43 Å². The Labute approximate surface area is 118 Å². The Kier molecular flexibility index (Phi) is 4.30. The van der Waals surface area contributed by atoms with Gasteiger partial charge in [0.05, 0.1) is 17.5 Å². The van der Waals surface area contributed by atoms with Gasteiger partial charge in [-0.15, -0.1) is 0 Å². The minimum atomic E-state index is -0.960. The Morgan fingerprint density at radius 3 is 2.74 bits per heavy atom. The molecule has 2 aromatic rings. The maximum absolute atomic E-state index is 10.8. The summed E-state index contributed by atoms with van der Waals surface area (Å²) in [4.78, 5) is 10.8. The summed E-state index contributed by atoms with van der Waals surface area (Å²) in [5.74, 6) is -0.960. The zero-order valence-corrected chi connectivity index (χ0v) is 11.5. The quantitative estimate of drug-likeness (QED) is 0.669. The maximum atomic E-state index is 10.8. The van der Waals surface area contributed by atoms with E-state index in [-0.39, 0.29) is 5.56 Å². The Morgan fingerprint density at radius 2 is 2.00 bits per heavy atom. The number of hydrogen-bond acceptors (Lipinski definition) is 3. The second-order valence-electron chi connectivity index (χ2n) is 3.78. The highest BCUT2D eigenvalue weighted by molar-refractivity contribution is 9.10. The molecule has 5 heteroatoms. The number of anilines is 1. The molecule has 0 spiro atoms. The van der Waals surface area contributed by atoms with Gasteiger partial charge in [0.1, 0.15) is 0 Å². The van der Waals surface area contributed by atoms with E-state index in [4.69, 9.17) is 5.11 Å². The van der Waals surface area contributed by atoms with Gasteiger partial charge in [-0.2, -0.15) is 5.10 Å². The van der Waals surface area contributed by atoms with Crippen LogP contribution in [0.3, 0.4) is 0 Å². The summed E-state index contributed by atoms with van der Waals surface area (Å²) in [7, 11) is 0. The highest BCUT2D eigenvalue weighted by atomic mass is 79.9. The first-order valence-electron chi connectivity index (χ1n) is 5.54. The zero-order valence-electron chi connectivity index (χ0n) is 9.88. The predicted molar refractivity (Wildman–Crippen MR) is 78.8 cm³/mol. The summed E-state index contributed by atoms with van der Waals surface area (Å²) in [5.41, 5.74) is 4.59. The van der Waals surface area contributed by atoms with Crippen LogP contribution in [0.25, 0.3) is 0 Å². The molecule has 0 heterocycles. The van der Waals surface area contributed by atoms with Crippen molar-refractivity contribution in [2.75, 3.05) is 5.43 Å². The lowest BCUT2D eigenvalue weighted by molar-refractivity contribution is 0.0697. The number of nitrogens with zero attached hydrogens (tertiary/aromatic N) is 1. The fourth-order valence-electron chi connectivity index (χ4n) is 1.48. The lowest BCUT2D eigenvalue weighted by atomic mass is 10.2. The number of rotatable bonds is 4. The molecule has 19 heavy (non-hydrogen) atoms. The first kappa shape index (κ1) is 13.3. The van der Waals surface area contributed by atoms with Crippen LogP contribution in [0.1, 0.15) is 15.9 Å². The van der Waals surface area contributed by atoms with Crippen LogP contribution >= 0.6 is 15.9 Å². The first-order chi connectivity index (χ1) is 9.16. The second kappa shape index (κ2) is 6.15. The van der Waals surface area contributed by atoms with Crippen LogP contribution < -0.4 is 5.43 Å². The van der Waals surface area contributed by atoms with Crippen molar-refractivity contribution >= 4 is 33.8 Å². The van der Waals surface area contributed by atoms with Crippen LogP contribution in [0.2, 0.25) is 0 Å². The van der Waals surface area contributed by atoms with E-state index in [1.807, 2.05) is 24.3 Å². The predicted octanol–water partition coefficient (Wildman–Crippen LogP) is 3.59. The molecule has 96 valence electrons. The molecule has 0 aromatic heterocycles. The van der Waals surface area contributed by atoms with Crippen molar-refractivity contribution in [1.29, 1.82) is 0 Å². The number of carbonyl (C=O) groups is 1. The van der Waals surface area contributed by atoms with E-state index in [1.165, 1.54) is 12.1 Å². The molecule has 4 nitrogen and oxygen atoms in total. The topological polar surface area (TPSA) is 61.7 Å². The fourth-order valence-corrected chi connectivity index (χ4v) is 1.87. The molecule has 0 bridgehead atoms. The van der Waals surface area contributed by atoms with E-state index < -0.39 is 5.97 Å². The smallest absolute Gasteiger partial charge is 0.335 e. The number of carboxylic acids is 1. The Hall–Kier alpha value is -2.14. The molecule has 0 aliphatic carbocycles. The van der Waals surface area contributed by atoms with E-state index >= 15 is 0 Å². The van der Waals surface area contributed by atoms with E-state index in [0.29, 0.717) is 5.69 Å². The normalized spacial score (nSPS) is 10.6. The number of hydrazone groups is 1. The summed E-state index contributed by atoms with van der Waals surface area (Å²) in [5, 5.41) is 13.0. The lowest BCUT2D eigenvalue weighted by Crippen LogP contribution is -1.97. The average molecular weight is 319 g/mol. The molecule has 2 aromatic carbocycles. The lowest BCUT2D eigenvalue weighted by Gasteiger charge is -2.02. The average Bonchev–Trinajstić information content (AvgIpc) is 2.41. The van der Waals surface area contributed by atoms with E-state index in [1.54, 1.807) is 18.3 Å². The Balaban J connectivity index is 2.09. The molecular weight excluding hydrogens is 308 g/mol. The molecule has 0 radical (unpaired) electrons. The minimum absolute atomic E-state index is 0.223. The maximum Gasteiger partial charge on any atom is 0.335 e. The van der Waals surface area contributed by atoms with Crippen LogP contribution in [0.4, 0.5) is 5.69 Å². The SMILES string of the molecule is O=C(O)c1cccc(N/N=C/c2ccccc2Br)c1. The number of nitrogens with one attached hydrogen (secondary N) is 1. The van der Waals surface area contributed by atoms with Crippen molar-refractivity contribution in [3.63, 3.8) is 0 Å². The summed E-state index contributed by atoms with van der Waals surface area (Å²) >= 11 is 3.42. The Morgan fingerprint density at radius 1 is 1.21 bits per heavy atom. The van der Waals surface area contributed by atoms with Gasteiger partial charge in [0.15, 0.2) is 0 Å². The molecule has 0 aliphatic heterocycles. The molecule has 0 fully saturated rings. The Bertz CT molecular complexity index is 626. The molecule has 2 rings (SSSR count). The van der Waals surface area contributed by atoms with Crippen molar-refractivity contribution in [3.05, 3.63) is 64.1 Å². The van der Waals surface area contributed by atoms with Crippen molar-refractivity contribution in [2.45, 2.75) is 0 Å². The number of halogens is 1. The summed E-state index contributed by atoms with van der Waals surface area (Å²) < 4.78 is 0.944. The third kappa shape index (κ3) is 3.66. The summed E-state index contributed by atoms with van der Waals surface area (Å²) in [6, 6.07) is 14.2. The van der Waals surface area contributed by atoms with Gasteiger partial charge in [-0.05, 0) is 24.3 Å². The highest BCUT2D eigenvalue weighted by Crippen LogP contribution is 2.14. The molecule has 0 amide bonds. The van der Waals surface area contributed by atoms with Crippen molar-refractivity contribution in [1.82, 2.24) is 0 Å². The number of aromatic carboxylic acids is 1. The van der Waals surface area contributed by atoms with Crippen LogP contribution in [0, 0.1) is 0 Å². The third-order valence-electron chi connectivity index (χ3n) is 2.41. The summed E-state index contributed by atoms with van der Waals surface area (Å²) in [6.07, 6.45) is 1.66. The standard InChI is InChI=1S/C14H11BrN2O2/c15-13-7-2-1-4-11(13)9-16-17-12-6-3-5-10(8-12)14(18)19/h1-9,17H,(H,18,19)/b16-9+. The third-order valence-corrected chi connectivity index (χ3v) is 3.13. The minimum Gasteiger partial charge on any atom is -0.478 e. The molecule has 2 N–H and O–H groups in total. The van der Waals surface area contributed by atoms with E-state index in [0.717, 1.165) is 10.0 Å². The molecule has 0 saturated carbocycles. The van der Waals surface area contributed by atoms with Gasteiger partial charge in [0.2, 0.25) is 0 Å². The monoisotopic (exact) mass is 318 g/mol. The number of benzene rings is 2.